The molecule has 21 heavy (non-hydrogen) atoms. The van der Waals surface area contributed by atoms with Crippen molar-refractivity contribution < 1.29 is 0 Å². The van der Waals surface area contributed by atoms with Gasteiger partial charge in [0.25, 0.3) is 0 Å². The van der Waals surface area contributed by atoms with Crippen molar-refractivity contribution in [2.45, 2.75) is 13.5 Å². The molecule has 0 unspecified atom stereocenters. The van der Waals surface area contributed by atoms with Crippen LogP contribution < -0.4 is 15.5 Å². The molecule has 1 aliphatic heterocycles. The van der Waals surface area contributed by atoms with Gasteiger partial charge in [-0.25, -0.2) is 4.98 Å². The Morgan fingerprint density at radius 1 is 1.00 bits per heavy atom. The molecule has 2 heterocycles. The lowest BCUT2D eigenvalue weighted by molar-refractivity contribution is 0.644. The van der Waals surface area contributed by atoms with Gasteiger partial charge < -0.3 is 15.5 Å². The van der Waals surface area contributed by atoms with Crippen LogP contribution in [0.4, 0.5) is 11.5 Å². The lowest BCUT2D eigenvalue weighted by Gasteiger charge is -2.37. The van der Waals surface area contributed by atoms with Crippen LogP contribution >= 0.6 is 0 Å². The van der Waals surface area contributed by atoms with Crippen molar-refractivity contribution >= 4 is 11.5 Å². The van der Waals surface area contributed by atoms with Gasteiger partial charge in [-0.05, 0) is 30.7 Å². The quantitative estimate of drug-likeness (QED) is 0.937. The van der Waals surface area contributed by atoms with E-state index in [1.54, 1.807) is 0 Å². The van der Waals surface area contributed by atoms with Gasteiger partial charge in [0.2, 0.25) is 0 Å². The first-order valence-electron chi connectivity index (χ1n) is 7.49. The van der Waals surface area contributed by atoms with E-state index in [1.165, 1.54) is 16.8 Å². The maximum absolute atomic E-state index is 5.90. The Morgan fingerprint density at radius 2 is 1.67 bits per heavy atom. The third-order valence-electron chi connectivity index (χ3n) is 4.17. The first kappa shape index (κ1) is 13.9. The number of pyridine rings is 1. The molecule has 0 aliphatic carbocycles. The van der Waals surface area contributed by atoms with Crippen molar-refractivity contribution in [1.29, 1.82) is 0 Å². The topological polar surface area (TPSA) is 45.4 Å². The molecule has 0 bridgehead atoms. The van der Waals surface area contributed by atoms with Crippen LogP contribution in [0.15, 0.2) is 42.6 Å². The van der Waals surface area contributed by atoms with Crippen LogP contribution in [-0.4, -0.2) is 31.2 Å². The highest BCUT2D eigenvalue weighted by atomic mass is 15.3. The van der Waals surface area contributed by atoms with E-state index in [4.69, 9.17) is 5.73 Å². The average molecular weight is 282 g/mol. The van der Waals surface area contributed by atoms with Crippen molar-refractivity contribution in [3.8, 4) is 0 Å². The Kier molecular flexibility index (Phi) is 4.06. The van der Waals surface area contributed by atoms with Crippen LogP contribution in [-0.2, 0) is 6.54 Å². The smallest absolute Gasteiger partial charge is 0.133 e. The van der Waals surface area contributed by atoms with Gasteiger partial charge in [-0.3, -0.25) is 0 Å². The minimum Gasteiger partial charge on any atom is -0.368 e. The molecule has 0 radical (unpaired) electrons. The number of aryl methyl sites for hydroxylation is 1. The number of nitrogens with zero attached hydrogens (tertiary/aromatic N) is 3. The van der Waals surface area contributed by atoms with E-state index in [1.807, 2.05) is 12.3 Å². The van der Waals surface area contributed by atoms with Crippen LogP contribution in [0.5, 0.6) is 0 Å². The Labute approximate surface area is 126 Å². The number of para-hydroxylation sites is 1. The minimum atomic E-state index is 0.550. The molecule has 4 nitrogen and oxygen atoms in total. The van der Waals surface area contributed by atoms with Gasteiger partial charge in [-0.2, -0.15) is 0 Å². The summed E-state index contributed by atoms with van der Waals surface area (Å²) in [5.74, 6) is 1.06. The zero-order valence-corrected chi connectivity index (χ0v) is 12.5. The molecule has 1 saturated heterocycles. The second-order valence-electron chi connectivity index (χ2n) is 5.44. The van der Waals surface area contributed by atoms with E-state index in [0.717, 1.165) is 32.0 Å². The number of anilines is 2. The molecule has 1 fully saturated rings. The van der Waals surface area contributed by atoms with Gasteiger partial charge in [0.15, 0.2) is 0 Å². The number of hydrogen-bond donors (Lipinski definition) is 1. The zero-order valence-electron chi connectivity index (χ0n) is 12.5. The van der Waals surface area contributed by atoms with Gasteiger partial charge in [0, 0.05) is 50.2 Å². The molecular formula is C17H22N4. The Balaban J connectivity index is 1.73. The summed E-state index contributed by atoms with van der Waals surface area (Å²) in [5.41, 5.74) is 9.60. The lowest BCUT2D eigenvalue weighted by Crippen LogP contribution is -2.47. The van der Waals surface area contributed by atoms with Crippen molar-refractivity contribution in [3.63, 3.8) is 0 Å². The summed E-state index contributed by atoms with van der Waals surface area (Å²) in [6.45, 7) is 6.66. The molecule has 0 amide bonds. The van der Waals surface area contributed by atoms with E-state index in [2.05, 4.69) is 52.0 Å². The van der Waals surface area contributed by atoms with Gasteiger partial charge >= 0.3 is 0 Å². The second kappa shape index (κ2) is 6.14. The molecule has 110 valence electrons. The molecule has 1 aromatic carbocycles. The molecule has 0 spiro atoms. The number of benzene rings is 1. The largest absolute Gasteiger partial charge is 0.368 e. The van der Waals surface area contributed by atoms with E-state index in [9.17, 15) is 0 Å². The maximum Gasteiger partial charge on any atom is 0.133 e. The Hall–Kier alpha value is -2.07. The third kappa shape index (κ3) is 2.85. The summed E-state index contributed by atoms with van der Waals surface area (Å²) in [7, 11) is 0. The second-order valence-corrected chi connectivity index (χ2v) is 5.44. The molecule has 4 heteroatoms. The molecule has 0 atom stereocenters. The fraction of sp³-hybridized carbons (Fsp3) is 0.353. The number of hydrogen-bond acceptors (Lipinski definition) is 4. The van der Waals surface area contributed by atoms with Gasteiger partial charge in [-0.1, -0.05) is 18.2 Å². The molecule has 2 aromatic rings. The normalized spacial score (nSPS) is 15.3. The van der Waals surface area contributed by atoms with Crippen molar-refractivity contribution in [2.24, 2.45) is 5.73 Å². The van der Waals surface area contributed by atoms with Crippen LogP contribution in [0, 0.1) is 6.92 Å². The average Bonchev–Trinajstić information content (AvgIpc) is 2.55. The number of nitrogens with two attached hydrogens (primary N) is 1. The summed E-state index contributed by atoms with van der Waals surface area (Å²) in [4.78, 5) is 9.34. The van der Waals surface area contributed by atoms with E-state index in [-0.39, 0.29) is 0 Å². The summed E-state index contributed by atoms with van der Waals surface area (Å²) < 4.78 is 0. The molecule has 1 aromatic heterocycles. The van der Waals surface area contributed by atoms with Crippen molar-refractivity contribution in [1.82, 2.24) is 4.98 Å². The molecular weight excluding hydrogens is 260 g/mol. The highest BCUT2D eigenvalue weighted by molar-refractivity contribution is 5.53. The van der Waals surface area contributed by atoms with E-state index in [0.29, 0.717) is 6.54 Å². The van der Waals surface area contributed by atoms with Gasteiger partial charge in [0.1, 0.15) is 5.82 Å². The number of aromatic nitrogens is 1. The monoisotopic (exact) mass is 282 g/mol. The molecule has 3 rings (SSSR count). The predicted octanol–water partition coefficient (Wildman–Crippen LogP) is 2.18. The van der Waals surface area contributed by atoms with Crippen molar-refractivity contribution in [3.05, 3.63) is 53.7 Å². The maximum atomic E-state index is 5.90. The third-order valence-corrected chi connectivity index (χ3v) is 4.17. The molecule has 1 aliphatic rings. The standard InChI is InChI=1S/C17H22N4/c1-14-7-8-19-17(16(14)13-18)21-11-9-20(10-12-21)15-5-3-2-4-6-15/h2-8H,9-13,18H2,1H3. The lowest BCUT2D eigenvalue weighted by atomic mass is 10.1. The van der Waals surface area contributed by atoms with Gasteiger partial charge in [0.05, 0.1) is 0 Å². The van der Waals surface area contributed by atoms with Crippen molar-refractivity contribution in [2.75, 3.05) is 36.0 Å². The van der Waals surface area contributed by atoms with Crippen LogP contribution in [0.3, 0.4) is 0 Å². The first-order valence-corrected chi connectivity index (χ1v) is 7.49. The summed E-state index contributed by atoms with van der Waals surface area (Å²) in [6, 6.07) is 12.6. The van der Waals surface area contributed by atoms with E-state index >= 15 is 0 Å². The fourth-order valence-electron chi connectivity index (χ4n) is 2.91. The minimum absolute atomic E-state index is 0.550. The van der Waals surface area contributed by atoms with Crippen LogP contribution in [0.2, 0.25) is 0 Å². The highest BCUT2D eigenvalue weighted by Crippen LogP contribution is 2.23. The number of rotatable bonds is 3. The zero-order chi connectivity index (χ0) is 14.7. The summed E-state index contributed by atoms with van der Waals surface area (Å²) in [5, 5.41) is 0. The first-order chi connectivity index (χ1) is 10.3. The molecule has 2 N–H and O–H groups in total. The summed E-state index contributed by atoms with van der Waals surface area (Å²) >= 11 is 0. The van der Waals surface area contributed by atoms with Gasteiger partial charge in [-0.15, -0.1) is 0 Å². The van der Waals surface area contributed by atoms with E-state index < -0.39 is 0 Å². The van der Waals surface area contributed by atoms with Crippen LogP contribution in [0.25, 0.3) is 0 Å². The fourth-order valence-corrected chi connectivity index (χ4v) is 2.91. The summed E-state index contributed by atoms with van der Waals surface area (Å²) in [6.07, 6.45) is 1.88. The number of piperazine rings is 1. The highest BCUT2D eigenvalue weighted by Gasteiger charge is 2.20. The molecule has 0 saturated carbocycles. The van der Waals surface area contributed by atoms with Crippen LogP contribution in [0.1, 0.15) is 11.1 Å². The predicted molar refractivity (Wildman–Crippen MR) is 87.7 cm³/mol. The Morgan fingerprint density at radius 3 is 2.33 bits per heavy atom. The Bertz CT molecular complexity index is 589. The SMILES string of the molecule is Cc1ccnc(N2CCN(c3ccccc3)CC2)c1CN.